The molecule has 0 amide bonds. The van der Waals surface area contributed by atoms with Crippen LogP contribution >= 0.6 is 0 Å². The Hall–Kier alpha value is -18.5. The summed E-state index contributed by atoms with van der Waals surface area (Å²) in [5.74, 6) is 0. The van der Waals surface area contributed by atoms with Crippen molar-refractivity contribution < 1.29 is 0 Å². The summed E-state index contributed by atoms with van der Waals surface area (Å²) in [7, 11) is 0. The zero-order valence-corrected chi connectivity index (χ0v) is 85.3. The van der Waals surface area contributed by atoms with E-state index in [2.05, 4.69) is 585 Å². The van der Waals surface area contributed by atoms with E-state index in [1.807, 2.05) is 0 Å². The molecule has 0 radical (unpaired) electrons. The van der Waals surface area contributed by atoms with Gasteiger partial charge in [-0.2, -0.15) is 0 Å². The molecule has 28 rings (SSSR count). The minimum Gasteiger partial charge on any atom is -0.310 e. The lowest BCUT2D eigenvalue weighted by atomic mass is 9.82. The van der Waals surface area contributed by atoms with Gasteiger partial charge in [-0.05, 0) is 412 Å². The lowest BCUT2D eigenvalue weighted by Crippen LogP contribution is -2.11. The fraction of sp³-hybridized carbons (Fsp3) is 0.0685. The summed E-state index contributed by atoms with van der Waals surface area (Å²) in [5.41, 5.74) is 23.3. The minimum atomic E-state index is -0.0342. The largest absolute Gasteiger partial charge is 0.310 e. The van der Waals surface area contributed by atoms with Gasteiger partial charge in [-0.15, -0.1) is 0 Å². The second kappa shape index (κ2) is 36.3. The van der Waals surface area contributed by atoms with Crippen LogP contribution in [0.25, 0.3) is 195 Å². The molecule has 0 bridgehead atoms. The minimum absolute atomic E-state index is 0.0342. The molecule has 0 unspecified atom stereocenters. The van der Waals surface area contributed by atoms with Gasteiger partial charge in [0.25, 0.3) is 0 Å². The number of hydrogen-bond donors (Lipinski definition) is 0. The smallest absolute Gasteiger partial charge is 0.0468 e. The van der Waals surface area contributed by atoms with Crippen molar-refractivity contribution in [3.05, 3.63) is 532 Å². The fourth-order valence-electron chi connectivity index (χ4n) is 23.6. The van der Waals surface area contributed by atoms with E-state index >= 15 is 0 Å². The van der Waals surface area contributed by atoms with Crippen molar-refractivity contribution in [1.82, 2.24) is 0 Å². The van der Waals surface area contributed by atoms with Gasteiger partial charge in [-0.1, -0.05) is 380 Å². The standard InChI is InChI=1S/C74H48N2.C72H60N2/c1-3-15-49(16-4-1)53-27-33-57(34-28-53)75(59-37-31-51-19-7-9-21-55(51)43-59)61-39-41-67-69(45-61)63-23-11-13-25-65(63)71-48-74-68-42-40-62(46-70(68)64-24-12-14-26-66(64)72(74)47-73(67)71)76(60-38-32-52-20-8-10-22-56(52)44-60)58-35-29-54(30-36-58)50-17-5-2-6-18-50;1-45-17-25-53(26-18-45)73(55-29-21-47-13-9-11-15-49(47)37-55)57-31-35-61-65(41-57)63-39-51(71(3,4)5)23-33-59(63)67-44-70-62-36-32-58(42-66(62)64-40-52(72(6,7)8)24-34-60(64)68(70)43-69(61)67)74(54-27-19-46(2)20-28-54)56-30-22-48-14-10-12-16-50(48)38-56/h1-48H;9-44H,1-8H3. The van der Waals surface area contributed by atoms with Crippen molar-refractivity contribution in [3.8, 4) is 22.3 Å². The average molecular weight is 1920 g/mol. The molecule has 150 heavy (non-hydrogen) atoms. The third kappa shape index (κ3) is 16.0. The molecule has 0 fully saturated rings. The fourth-order valence-corrected chi connectivity index (χ4v) is 23.6. The van der Waals surface area contributed by atoms with Gasteiger partial charge in [0.2, 0.25) is 0 Å². The van der Waals surface area contributed by atoms with Crippen molar-refractivity contribution in [3.63, 3.8) is 0 Å². The molecule has 0 saturated heterocycles. The quantitative estimate of drug-likeness (QED) is 0.0795. The van der Waals surface area contributed by atoms with Gasteiger partial charge in [0.05, 0.1) is 0 Å². The zero-order chi connectivity index (χ0) is 101. The van der Waals surface area contributed by atoms with Crippen molar-refractivity contribution in [2.75, 3.05) is 19.6 Å². The number of rotatable bonds is 14. The molecule has 28 aromatic carbocycles. The summed E-state index contributed by atoms with van der Waals surface area (Å²) in [6.45, 7) is 18.3. The van der Waals surface area contributed by atoms with E-state index in [0.717, 1.165) is 68.2 Å². The topological polar surface area (TPSA) is 13.0 Å². The highest BCUT2D eigenvalue weighted by molar-refractivity contribution is 6.36. The van der Waals surface area contributed by atoms with E-state index in [0.29, 0.717) is 0 Å². The third-order valence-corrected chi connectivity index (χ3v) is 31.5. The molecule has 0 aliphatic heterocycles. The Balaban J connectivity index is 0.000000148. The molecule has 0 aliphatic carbocycles. The summed E-state index contributed by atoms with van der Waals surface area (Å²) < 4.78 is 0. The van der Waals surface area contributed by atoms with E-state index in [-0.39, 0.29) is 10.8 Å². The predicted octanol–water partition coefficient (Wildman–Crippen LogP) is 42.2. The molecule has 0 aliphatic rings. The highest BCUT2D eigenvalue weighted by Gasteiger charge is 2.28. The van der Waals surface area contributed by atoms with Crippen LogP contribution in [0.3, 0.4) is 0 Å². The molecule has 0 heterocycles. The van der Waals surface area contributed by atoms with Gasteiger partial charge in [0.15, 0.2) is 0 Å². The maximum Gasteiger partial charge on any atom is 0.0468 e. The molecule has 0 aromatic heterocycles. The van der Waals surface area contributed by atoms with E-state index in [1.165, 1.54) is 217 Å². The monoisotopic (exact) mass is 1920 g/mol. The SMILES string of the molecule is Cc1ccc(N(c2ccc3ccccc3c2)c2ccc3c(c2)c2cc(C(C)(C)C)ccc2c2cc4c5ccc(N(c6ccc(C)cc6)c6ccc7ccccc7c6)cc5c5cc(C(C)(C)C)ccc5c4cc32)cc1.c1ccc(-c2ccc(N(c3ccc4ccccc4c3)c3ccc4c(c3)c3ccccc3c3cc5c6ccc(N(c7ccc(-c8ccccc8)cc7)c7ccc8ccccc8c7)cc6c6ccccc6c5cc43)cc2)cc1. The Morgan fingerprint density at radius 2 is 0.293 bits per heavy atom. The van der Waals surface area contributed by atoms with Crippen LogP contribution in [0, 0.1) is 13.8 Å². The van der Waals surface area contributed by atoms with E-state index < -0.39 is 0 Å². The molecule has 0 atom stereocenters. The lowest BCUT2D eigenvalue weighted by molar-refractivity contribution is 0.591. The number of benzene rings is 28. The summed E-state index contributed by atoms with van der Waals surface area (Å²) in [6, 6.07) is 190. The number of hydrogen-bond acceptors (Lipinski definition) is 4. The Kier molecular flexibility index (Phi) is 21.9. The zero-order valence-electron chi connectivity index (χ0n) is 85.3. The second-order valence-corrected chi connectivity index (χ2v) is 42.9. The normalized spacial score (nSPS) is 12.0. The molecular weight excluding hydrogens is 1810 g/mol. The summed E-state index contributed by atoms with van der Waals surface area (Å²) in [6.07, 6.45) is 0. The first-order chi connectivity index (χ1) is 73.4. The first-order valence-corrected chi connectivity index (χ1v) is 52.4. The van der Waals surface area contributed by atoms with Crippen molar-refractivity contribution >= 4 is 241 Å². The van der Waals surface area contributed by atoms with Crippen molar-refractivity contribution in [2.24, 2.45) is 0 Å². The molecule has 28 aromatic rings. The van der Waals surface area contributed by atoms with Gasteiger partial charge < -0.3 is 19.6 Å². The van der Waals surface area contributed by atoms with Crippen molar-refractivity contribution in [2.45, 2.75) is 66.2 Å². The predicted molar refractivity (Wildman–Crippen MR) is 649 cm³/mol. The van der Waals surface area contributed by atoms with Gasteiger partial charge in [0, 0.05) is 68.2 Å². The molecule has 4 nitrogen and oxygen atoms in total. The maximum atomic E-state index is 2.52. The Bertz CT molecular complexity index is 9720. The van der Waals surface area contributed by atoms with Crippen LogP contribution in [0.1, 0.15) is 63.8 Å². The molecular formula is C146H108N4. The maximum absolute atomic E-state index is 2.52. The number of anilines is 12. The van der Waals surface area contributed by atoms with Gasteiger partial charge >= 0.3 is 0 Å². The Morgan fingerprint density at radius 3 is 0.547 bits per heavy atom. The number of nitrogens with zero attached hydrogens (tertiary/aromatic N) is 4. The second-order valence-electron chi connectivity index (χ2n) is 42.9. The molecule has 0 saturated carbocycles. The Morgan fingerprint density at radius 1 is 0.120 bits per heavy atom. The van der Waals surface area contributed by atoms with Crippen LogP contribution in [0.2, 0.25) is 0 Å². The molecule has 0 spiro atoms. The van der Waals surface area contributed by atoms with Crippen LogP contribution in [0.15, 0.2) is 510 Å². The van der Waals surface area contributed by atoms with E-state index in [4.69, 9.17) is 0 Å². The highest BCUT2D eigenvalue weighted by atomic mass is 15.2. The number of fused-ring (bicyclic) bond motifs is 28. The van der Waals surface area contributed by atoms with Crippen molar-refractivity contribution in [1.29, 1.82) is 0 Å². The Labute approximate surface area is 874 Å². The summed E-state index contributed by atoms with van der Waals surface area (Å²) in [4.78, 5) is 9.68. The van der Waals surface area contributed by atoms with Gasteiger partial charge in [-0.3, -0.25) is 0 Å². The third-order valence-electron chi connectivity index (χ3n) is 31.5. The van der Waals surface area contributed by atoms with Crippen LogP contribution in [0.5, 0.6) is 0 Å². The van der Waals surface area contributed by atoms with Gasteiger partial charge in [0.1, 0.15) is 0 Å². The molecule has 4 heteroatoms. The van der Waals surface area contributed by atoms with Crippen LogP contribution < -0.4 is 19.6 Å². The first kappa shape index (κ1) is 90.3. The number of aryl methyl sites for hydroxylation is 2. The lowest BCUT2D eigenvalue weighted by Gasteiger charge is -2.27. The summed E-state index contributed by atoms with van der Waals surface area (Å²) in [5, 5.41) is 39.8. The molecule has 0 N–H and O–H groups in total. The first-order valence-electron chi connectivity index (χ1n) is 52.4. The van der Waals surface area contributed by atoms with Crippen LogP contribution in [-0.4, -0.2) is 0 Å². The van der Waals surface area contributed by atoms with E-state index in [9.17, 15) is 0 Å². The molecule has 712 valence electrons. The highest BCUT2D eigenvalue weighted by Crippen LogP contribution is 2.53. The summed E-state index contributed by atoms with van der Waals surface area (Å²) >= 11 is 0. The average Bonchev–Trinajstić information content (AvgIpc) is 0.702. The van der Waals surface area contributed by atoms with Crippen LogP contribution in [0.4, 0.5) is 68.2 Å². The van der Waals surface area contributed by atoms with E-state index in [1.54, 1.807) is 0 Å². The van der Waals surface area contributed by atoms with Gasteiger partial charge in [-0.25, -0.2) is 0 Å². The van der Waals surface area contributed by atoms with Crippen LogP contribution in [-0.2, 0) is 10.8 Å².